The summed E-state index contributed by atoms with van der Waals surface area (Å²) in [6.07, 6.45) is -6.57. The Morgan fingerprint density at radius 1 is 1.00 bits per heavy atom. The molecule has 1 rings (SSSR count). The Balaban J connectivity index is 2.93. The van der Waals surface area contributed by atoms with Crippen LogP contribution in [0.2, 0.25) is 0 Å². The molecule has 5 nitrogen and oxygen atoms in total. The molecule has 0 aromatic carbocycles. The summed E-state index contributed by atoms with van der Waals surface area (Å²) in [6.45, 7) is 0. The molecule has 0 spiro atoms. The first-order valence-corrected chi connectivity index (χ1v) is 3.35. The highest BCUT2D eigenvalue weighted by Gasteiger charge is 2.39. The number of hydrogen-bond acceptors (Lipinski definition) is 5. The number of aliphatic hydroxyl groups excluding tert-OH is 3. The van der Waals surface area contributed by atoms with Crippen molar-refractivity contribution in [3.8, 4) is 0 Å². The second kappa shape index (κ2) is 3.04. The van der Waals surface area contributed by atoms with Crippen LogP contribution in [-0.2, 0) is 0 Å². The van der Waals surface area contributed by atoms with Crippen LogP contribution >= 0.6 is 0 Å². The van der Waals surface area contributed by atoms with Crippen molar-refractivity contribution in [2.45, 2.75) is 36.8 Å². The quantitative estimate of drug-likeness (QED) is 0.264. The second-order valence-electron chi connectivity index (χ2n) is 2.69. The first-order chi connectivity index (χ1) is 5.80. The van der Waals surface area contributed by atoms with Crippen LogP contribution in [0.5, 0.6) is 0 Å². The van der Waals surface area contributed by atoms with Crippen LogP contribution in [0.15, 0.2) is 0 Å². The molecule has 5 heteroatoms. The summed E-state index contributed by atoms with van der Waals surface area (Å²) in [5, 5.41) is 27.7. The minimum atomic E-state index is -2.09. The topological polar surface area (TPSA) is 113 Å². The van der Waals surface area contributed by atoms with E-state index in [1.807, 2.05) is 0 Å². The average molecular weight is 164 g/mol. The van der Waals surface area contributed by atoms with Crippen molar-refractivity contribution in [3.63, 3.8) is 0 Å². The van der Waals surface area contributed by atoms with E-state index < -0.39 is 36.8 Å². The minimum absolute atomic E-state index is 1.29. The van der Waals surface area contributed by atoms with E-state index in [1.165, 1.54) is 0 Å². The SMILES string of the molecule is [2H]C1([2H])[C@H](N)[C@@H](O)C(O)[C@@H](O)[C@@H]1N. The highest BCUT2D eigenvalue weighted by Crippen LogP contribution is 2.17. The van der Waals surface area contributed by atoms with Crippen LogP contribution in [0, 0.1) is 0 Å². The summed E-state index contributed by atoms with van der Waals surface area (Å²) in [7, 11) is 0. The molecule has 1 unspecified atom stereocenters. The standard InChI is InChI=1S/C6H14N2O3/c7-2-1-3(8)5(10)6(11)4(2)9/h2-6,9-11H,1,7-8H2/t2-,3+,4+,5-,6?/i1D2. The Morgan fingerprint density at radius 3 is 1.73 bits per heavy atom. The smallest absolute Gasteiger partial charge is 0.109 e. The van der Waals surface area contributed by atoms with E-state index in [9.17, 15) is 15.3 Å². The summed E-state index contributed by atoms with van der Waals surface area (Å²) in [4.78, 5) is 0. The van der Waals surface area contributed by atoms with Crippen LogP contribution in [0.3, 0.4) is 0 Å². The summed E-state index contributed by atoms with van der Waals surface area (Å²) < 4.78 is 14.7. The van der Waals surface area contributed by atoms with Crippen LogP contribution in [-0.4, -0.2) is 45.7 Å². The van der Waals surface area contributed by atoms with Crippen molar-refractivity contribution in [2.24, 2.45) is 11.5 Å². The van der Waals surface area contributed by atoms with Crippen LogP contribution in [0.4, 0.5) is 0 Å². The zero-order chi connectivity index (χ0) is 10.4. The van der Waals surface area contributed by atoms with Crippen LogP contribution in [0.25, 0.3) is 0 Å². The molecule has 1 fully saturated rings. The van der Waals surface area contributed by atoms with Gasteiger partial charge in [-0.05, 0) is 6.37 Å². The molecule has 1 aliphatic rings. The van der Waals surface area contributed by atoms with E-state index >= 15 is 0 Å². The normalized spacial score (nSPS) is 59.9. The van der Waals surface area contributed by atoms with E-state index in [0.29, 0.717) is 0 Å². The van der Waals surface area contributed by atoms with E-state index in [1.54, 1.807) is 0 Å². The molecule has 7 N–H and O–H groups in total. The molecular formula is C6H14N2O3. The molecule has 5 atom stereocenters. The van der Waals surface area contributed by atoms with Gasteiger partial charge < -0.3 is 26.8 Å². The van der Waals surface area contributed by atoms with E-state index in [-0.39, 0.29) is 0 Å². The maximum atomic E-state index is 9.24. The fourth-order valence-electron chi connectivity index (χ4n) is 1.05. The van der Waals surface area contributed by atoms with Gasteiger partial charge in [0.15, 0.2) is 0 Å². The van der Waals surface area contributed by atoms with Gasteiger partial charge in [-0.1, -0.05) is 0 Å². The Morgan fingerprint density at radius 2 is 1.36 bits per heavy atom. The van der Waals surface area contributed by atoms with Crippen LogP contribution in [0.1, 0.15) is 9.11 Å². The third-order valence-electron chi connectivity index (χ3n) is 1.82. The molecule has 0 saturated heterocycles. The van der Waals surface area contributed by atoms with Crippen molar-refractivity contribution in [1.82, 2.24) is 0 Å². The maximum Gasteiger partial charge on any atom is 0.109 e. The van der Waals surface area contributed by atoms with Gasteiger partial charge in [0.1, 0.15) is 6.10 Å². The first kappa shape index (κ1) is 6.33. The van der Waals surface area contributed by atoms with Crippen molar-refractivity contribution in [2.75, 3.05) is 0 Å². The lowest BCUT2D eigenvalue weighted by Gasteiger charge is -2.37. The average Bonchev–Trinajstić information content (AvgIpc) is 2.09. The highest BCUT2D eigenvalue weighted by atomic mass is 16.4. The van der Waals surface area contributed by atoms with Crippen LogP contribution < -0.4 is 11.5 Å². The third-order valence-corrected chi connectivity index (χ3v) is 1.82. The summed E-state index contributed by atoms with van der Waals surface area (Å²) >= 11 is 0. The lowest BCUT2D eigenvalue weighted by Crippen LogP contribution is -2.61. The Hall–Kier alpha value is -0.200. The van der Waals surface area contributed by atoms with E-state index in [4.69, 9.17) is 14.2 Å². The number of nitrogens with two attached hydrogens (primary N) is 2. The van der Waals surface area contributed by atoms with Gasteiger partial charge in [0.25, 0.3) is 0 Å². The molecule has 11 heavy (non-hydrogen) atoms. The summed E-state index contributed by atoms with van der Waals surface area (Å²) in [5.41, 5.74) is 10.6. The lowest BCUT2D eigenvalue weighted by atomic mass is 9.85. The summed E-state index contributed by atoms with van der Waals surface area (Å²) in [5.74, 6) is 0. The minimum Gasteiger partial charge on any atom is -0.389 e. The van der Waals surface area contributed by atoms with Crippen molar-refractivity contribution >= 4 is 0 Å². The highest BCUT2D eigenvalue weighted by molar-refractivity contribution is 4.96. The summed E-state index contributed by atoms with van der Waals surface area (Å²) in [6, 6.07) is -2.58. The van der Waals surface area contributed by atoms with Gasteiger partial charge in [0.2, 0.25) is 0 Å². The van der Waals surface area contributed by atoms with Gasteiger partial charge in [-0.25, -0.2) is 0 Å². The zero-order valence-electron chi connectivity index (χ0n) is 7.88. The number of hydrogen-bond donors (Lipinski definition) is 5. The van der Waals surface area contributed by atoms with Crippen molar-refractivity contribution < 1.29 is 18.1 Å². The molecule has 0 aromatic heterocycles. The number of aliphatic hydroxyl groups is 3. The fraction of sp³-hybridized carbons (Fsp3) is 1.00. The molecule has 66 valence electrons. The first-order valence-electron chi connectivity index (χ1n) is 4.35. The molecule has 1 aliphatic carbocycles. The van der Waals surface area contributed by atoms with Gasteiger partial charge in [0.05, 0.1) is 12.2 Å². The second-order valence-corrected chi connectivity index (χ2v) is 2.69. The Kier molecular flexibility index (Phi) is 1.75. The van der Waals surface area contributed by atoms with Crippen molar-refractivity contribution in [1.29, 1.82) is 0 Å². The van der Waals surface area contributed by atoms with Gasteiger partial charge in [0, 0.05) is 14.8 Å². The monoisotopic (exact) mass is 164 g/mol. The Labute approximate surface area is 67.4 Å². The molecule has 0 aromatic rings. The maximum absolute atomic E-state index is 9.24. The molecule has 0 bridgehead atoms. The zero-order valence-corrected chi connectivity index (χ0v) is 5.88. The predicted octanol–water partition coefficient (Wildman–Crippen LogP) is -2.87. The van der Waals surface area contributed by atoms with Gasteiger partial charge in [-0.3, -0.25) is 0 Å². The molecule has 0 heterocycles. The number of rotatable bonds is 0. The van der Waals surface area contributed by atoms with Gasteiger partial charge >= 0.3 is 0 Å². The molecule has 1 saturated carbocycles. The predicted molar refractivity (Wildman–Crippen MR) is 38.6 cm³/mol. The van der Waals surface area contributed by atoms with Gasteiger partial charge in [-0.15, -0.1) is 0 Å². The molecular weight excluding hydrogens is 148 g/mol. The lowest BCUT2D eigenvalue weighted by molar-refractivity contribution is -0.100. The van der Waals surface area contributed by atoms with E-state index in [0.717, 1.165) is 0 Å². The third kappa shape index (κ3) is 1.52. The van der Waals surface area contributed by atoms with Gasteiger partial charge in [-0.2, -0.15) is 0 Å². The fourth-order valence-corrected chi connectivity index (χ4v) is 1.05. The molecule has 0 amide bonds. The molecule has 0 aliphatic heterocycles. The molecule has 0 radical (unpaired) electrons. The van der Waals surface area contributed by atoms with E-state index in [2.05, 4.69) is 0 Å². The Bertz CT molecular complexity index is 186. The largest absolute Gasteiger partial charge is 0.389 e. The van der Waals surface area contributed by atoms with Crippen molar-refractivity contribution in [3.05, 3.63) is 0 Å².